The monoisotopic (exact) mass is 260 g/mol. The highest BCUT2D eigenvalue weighted by atomic mass is 16.1. The first-order valence-corrected chi connectivity index (χ1v) is 6.71. The largest absolute Gasteiger partial charge is 0.368 e. The molecule has 1 unspecified atom stereocenters. The standard InChI is InChI=1S/C15H20N2O2/c1-11-5-4-6-12(9-11)14(18)10-17-8-3-2-7-13(17)15(16)19/h4-6,9,13H,2-3,7-8,10H2,1H3,(H2,16,19). The van der Waals surface area contributed by atoms with Gasteiger partial charge in [-0.2, -0.15) is 0 Å². The van der Waals surface area contributed by atoms with Crippen LogP contribution >= 0.6 is 0 Å². The number of nitrogens with two attached hydrogens (primary N) is 1. The molecule has 4 heteroatoms. The predicted molar refractivity (Wildman–Crippen MR) is 73.9 cm³/mol. The second kappa shape index (κ2) is 5.97. The van der Waals surface area contributed by atoms with E-state index in [4.69, 9.17) is 5.73 Å². The quantitative estimate of drug-likeness (QED) is 0.835. The number of primary amides is 1. The van der Waals surface area contributed by atoms with Crippen LogP contribution in [0.2, 0.25) is 0 Å². The van der Waals surface area contributed by atoms with E-state index in [2.05, 4.69) is 0 Å². The molecule has 1 aromatic carbocycles. The molecule has 0 aromatic heterocycles. The number of amides is 1. The summed E-state index contributed by atoms with van der Waals surface area (Å²) in [7, 11) is 0. The number of nitrogens with zero attached hydrogens (tertiary/aromatic N) is 1. The van der Waals surface area contributed by atoms with Crippen LogP contribution in [-0.4, -0.2) is 35.7 Å². The van der Waals surface area contributed by atoms with Crippen molar-refractivity contribution in [2.75, 3.05) is 13.1 Å². The van der Waals surface area contributed by atoms with Crippen LogP contribution in [0.3, 0.4) is 0 Å². The number of carbonyl (C=O) groups is 2. The first-order valence-electron chi connectivity index (χ1n) is 6.71. The Bertz CT molecular complexity index is 485. The molecule has 1 aliphatic heterocycles. The van der Waals surface area contributed by atoms with Crippen LogP contribution in [0.4, 0.5) is 0 Å². The van der Waals surface area contributed by atoms with Gasteiger partial charge in [-0.1, -0.05) is 30.2 Å². The third-order valence-corrected chi connectivity index (χ3v) is 3.63. The fraction of sp³-hybridized carbons (Fsp3) is 0.467. The highest BCUT2D eigenvalue weighted by molar-refractivity contribution is 5.98. The topological polar surface area (TPSA) is 63.4 Å². The number of piperidine rings is 1. The molecule has 1 heterocycles. The number of ketones is 1. The van der Waals surface area contributed by atoms with Gasteiger partial charge in [-0.25, -0.2) is 0 Å². The molecule has 0 radical (unpaired) electrons. The number of hydrogen-bond acceptors (Lipinski definition) is 3. The van der Waals surface area contributed by atoms with Crippen LogP contribution in [0.5, 0.6) is 0 Å². The van der Waals surface area contributed by atoms with E-state index >= 15 is 0 Å². The Hall–Kier alpha value is -1.68. The molecular formula is C15H20N2O2. The summed E-state index contributed by atoms with van der Waals surface area (Å²) in [5.41, 5.74) is 7.17. The minimum atomic E-state index is -0.322. The van der Waals surface area contributed by atoms with Crippen LogP contribution in [-0.2, 0) is 4.79 Å². The molecular weight excluding hydrogens is 240 g/mol. The number of carbonyl (C=O) groups excluding carboxylic acids is 2. The molecule has 1 amide bonds. The van der Waals surface area contributed by atoms with Crippen molar-refractivity contribution in [3.05, 3.63) is 35.4 Å². The van der Waals surface area contributed by atoms with Gasteiger partial charge in [0.05, 0.1) is 12.6 Å². The minimum absolute atomic E-state index is 0.0526. The summed E-state index contributed by atoms with van der Waals surface area (Å²) in [6.45, 7) is 3.01. The van der Waals surface area contributed by atoms with Gasteiger partial charge < -0.3 is 5.73 Å². The van der Waals surface area contributed by atoms with Gasteiger partial charge >= 0.3 is 0 Å². The molecule has 1 fully saturated rings. The highest BCUT2D eigenvalue weighted by Crippen LogP contribution is 2.17. The van der Waals surface area contributed by atoms with Gasteiger partial charge in [0.25, 0.3) is 0 Å². The van der Waals surface area contributed by atoms with Gasteiger partial charge in [-0.3, -0.25) is 14.5 Å². The van der Waals surface area contributed by atoms with Crippen LogP contribution < -0.4 is 5.73 Å². The van der Waals surface area contributed by atoms with Crippen molar-refractivity contribution >= 4 is 11.7 Å². The van der Waals surface area contributed by atoms with Crippen molar-refractivity contribution in [3.8, 4) is 0 Å². The Morgan fingerprint density at radius 2 is 2.16 bits per heavy atom. The van der Waals surface area contributed by atoms with Crippen LogP contribution in [0.1, 0.15) is 35.2 Å². The maximum absolute atomic E-state index is 12.2. The smallest absolute Gasteiger partial charge is 0.234 e. The SMILES string of the molecule is Cc1cccc(C(=O)CN2CCCCC2C(N)=O)c1. The van der Waals surface area contributed by atoms with Crippen molar-refractivity contribution in [2.24, 2.45) is 5.73 Å². The van der Waals surface area contributed by atoms with E-state index in [1.807, 2.05) is 36.1 Å². The van der Waals surface area contributed by atoms with Crippen molar-refractivity contribution in [1.29, 1.82) is 0 Å². The van der Waals surface area contributed by atoms with E-state index in [1.54, 1.807) is 0 Å². The lowest BCUT2D eigenvalue weighted by molar-refractivity contribution is -0.124. The first kappa shape index (κ1) is 13.7. The molecule has 19 heavy (non-hydrogen) atoms. The molecule has 0 bridgehead atoms. The lowest BCUT2D eigenvalue weighted by atomic mass is 10.00. The molecule has 0 spiro atoms. The van der Waals surface area contributed by atoms with E-state index < -0.39 is 0 Å². The summed E-state index contributed by atoms with van der Waals surface area (Å²) in [6, 6.07) is 7.25. The zero-order valence-corrected chi connectivity index (χ0v) is 11.3. The summed E-state index contributed by atoms with van der Waals surface area (Å²) in [5, 5.41) is 0. The lowest BCUT2D eigenvalue weighted by Crippen LogP contribution is -2.49. The number of likely N-dealkylation sites (tertiary alicyclic amines) is 1. The summed E-state index contributed by atoms with van der Waals surface area (Å²) in [6.07, 6.45) is 2.78. The Kier molecular flexibility index (Phi) is 4.32. The zero-order valence-electron chi connectivity index (χ0n) is 11.3. The normalized spacial score (nSPS) is 20.2. The van der Waals surface area contributed by atoms with Gasteiger partial charge in [0.15, 0.2) is 5.78 Å². The Morgan fingerprint density at radius 3 is 2.84 bits per heavy atom. The number of hydrogen-bond donors (Lipinski definition) is 1. The second-order valence-corrected chi connectivity index (χ2v) is 5.18. The fourth-order valence-electron chi connectivity index (χ4n) is 2.60. The summed E-state index contributed by atoms with van der Waals surface area (Å²) >= 11 is 0. The highest BCUT2D eigenvalue weighted by Gasteiger charge is 2.28. The van der Waals surface area contributed by atoms with Gasteiger partial charge in [0, 0.05) is 5.56 Å². The van der Waals surface area contributed by atoms with Crippen LogP contribution in [0.15, 0.2) is 24.3 Å². The van der Waals surface area contributed by atoms with Crippen molar-refractivity contribution in [1.82, 2.24) is 4.90 Å². The summed E-state index contributed by atoms with van der Waals surface area (Å²) in [4.78, 5) is 25.6. The average Bonchev–Trinajstić information content (AvgIpc) is 2.39. The number of aryl methyl sites for hydroxylation is 1. The lowest BCUT2D eigenvalue weighted by Gasteiger charge is -2.32. The maximum atomic E-state index is 12.2. The van der Waals surface area contributed by atoms with E-state index in [9.17, 15) is 9.59 Å². The minimum Gasteiger partial charge on any atom is -0.368 e. The molecule has 1 aromatic rings. The molecule has 2 N–H and O–H groups in total. The first-order chi connectivity index (χ1) is 9.08. The molecule has 4 nitrogen and oxygen atoms in total. The Morgan fingerprint density at radius 1 is 1.37 bits per heavy atom. The van der Waals surface area contributed by atoms with E-state index in [0.717, 1.165) is 31.4 Å². The molecule has 1 saturated heterocycles. The van der Waals surface area contributed by atoms with Crippen LogP contribution in [0.25, 0.3) is 0 Å². The number of benzene rings is 1. The summed E-state index contributed by atoms with van der Waals surface area (Å²) < 4.78 is 0. The van der Waals surface area contributed by atoms with E-state index in [-0.39, 0.29) is 24.3 Å². The molecule has 2 rings (SSSR count). The molecule has 0 saturated carbocycles. The average molecular weight is 260 g/mol. The third-order valence-electron chi connectivity index (χ3n) is 3.63. The van der Waals surface area contributed by atoms with E-state index in [1.165, 1.54) is 0 Å². The Balaban J connectivity index is 2.07. The van der Waals surface area contributed by atoms with Gasteiger partial charge in [0.2, 0.25) is 5.91 Å². The number of rotatable bonds is 4. The fourth-order valence-corrected chi connectivity index (χ4v) is 2.60. The molecule has 102 valence electrons. The Labute approximate surface area is 113 Å². The zero-order chi connectivity index (χ0) is 13.8. The second-order valence-electron chi connectivity index (χ2n) is 5.18. The van der Waals surface area contributed by atoms with Crippen molar-refractivity contribution < 1.29 is 9.59 Å². The van der Waals surface area contributed by atoms with Crippen LogP contribution in [0, 0.1) is 6.92 Å². The third kappa shape index (κ3) is 3.41. The van der Waals surface area contributed by atoms with E-state index in [0.29, 0.717) is 5.56 Å². The van der Waals surface area contributed by atoms with Crippen molar-refractivity contribution in [2.45, 2.75) is 32.2 Å². The van der Waals surface area contributed by atoms with Gasteiger partial charge in [-0.15, -0.1) is 0 Å². The maximum Gasteiger partial charge on any atom is 0.234 e. The molecule has 0 aliphatic carbocycles. The molecule has 1 atom stereocenters. The van der Waals surface area contributed by atoms with Crippen molar-refractivity contribution in [3.63, 3.8) is 0 Å². The number of Topliss-reactive ketones (excluding diaryl/α,β-unsaturated/α-hetero) is 1. The predicted octanol–water partition coefficient (Wildman–Crippen LogP) is 1.52. The van der Waals surface area contributed by atoms with Gasteiger partial charge in [-0.05, 0) is 32.4 Å². The summed E-state index contributed by atoms with van der Waals surface area (Å²) in [5.74, 6) is -0.270. The molecule has 1 aliphatic rings. The van der Waals surface area contributed by atoms with Gasteiger partial charge in [0.1, 0.15) is 0 Å².